The van der Waals surface area contributed by atoms with E-state index < -0.39 is 0 Å². The lowest BCUT2D eigenvalue weighted by molar-refractivity contribution is 0.427. The lowest BCUT2D eigenvalue weighted by Crippen LogP contribution is -2.30. The summed E-state index contributed by atoms with van der Waals surface area (Å²) in [6, 6.07) is 8.28. The first-order valence-electron chi connectivity index (χ1n) is 7.79. The fourth-order valence-corrected chi connectivity index (χ4v) is 3.07. The van der Waals surface area contributed by atoms with Crippen LogP contribution in [0.5, 0.6) is 5.75 Å². The van der Waals surface area contributed by atoms with Gasteiger partial charge in [-0.25, -0.2) is 0 Å². The largest absolute Gasteiger partial charge is 0.508 e. The van der Waals surface area contributed by atoms with Crippen molar-refractivity contribution in [3.05, 3.63) is 29.8 Å². The third-order valence-electron chi connectivity index (χ3n) is 4.45. The van der Waals surface area contributed by atoms with Crippen molar-refractivity contribution in [1.82, 2.24) is 5.32 Å². The number of benzene rings is 1. The van der Waals surface area contributed by atoms with Gasteiger partial charge in [-0.05, 0) is 55.8 Å². The molecule has 2 rings (SSSR count). The first-order valence-corrected chi connectivity index (χ1v) is 7.79. The third kappa shape index (κ3) is 4.87. The molecule has 2 heteroatoms. The molecule has 0 heterocycles. The predicted molar refractivity (Wildman–Crippen MR) is 80.5 cm³/mol. The first-order chi connectivity index (χ1) is 9.28. The second kappa shape index (κ2) is 7.54. The summed E-state index contributed by atoms with van der Waals surface area (Å²) in [6.07, 6.45) is 9.28. The molecule has 2 unspecified atom stereocenters. The van der Waals surface area contributed by atoms with Crippen molar-refractivity contribution in [3.63, 3.8) is 0 Å². The van der Waals surface area contributed by atoms with Crippen molar-refractivity contribution in [3.8, 4) is 5.75 Å². The zero-order valence-corrected chi connectivity index (χ0v) is 12.1. The highest BCUT2D eigenvalue weighted by Crippen LogP contribution is 2.25. The van der Waals surface area contributed by atoms with Crippen molar-refractivity contribution >= 4 is 0 Å². The van der Waals surface area contributed by atoms with Gasteiger partial charge in [-0.15, -0.1) is 0 Å². The van der Waals surface area contributed by atoms with Gasteiger partial charge in [-0.3, -0.25) is 0 Å². The van der Waals surface area contributed by atoms with E-state index in [4.69, 9.17) is 0 Å². The molecule has 19 heavy (non-hydrogen) atoms. The minimum Gasteiger partial charge on any atom is -0.508 e. The molecule has 2 N–H and O–H groups in total. The molecule has 1 fully saturated rings. The highest BCUT2D eigenvalue weighted by atomic mass is 16.3. The van der Waals surface area contributed by atoms with Gasteiger partial charge in [0.15, 0.2) is 0 Å². The lowest BCUT2D eigenvalue weighted by Gasteiger charge is -2.16. The Morgan fingerprint density at radius 2 is 1.89 bits per heavy atom. The molecular weight excluding hydrogens is 234 g/mol. The number of aromatic hydroxyl groups is 1. The topological polar surface area (TPSA) is 32.3 Å². The molecule has 2 atom stereocenters. The van der Waals surface area contributed by atoms with Crippen molar-refractivity contribution in [2.75, 3.05) is 6.54 Å². The fraction of sp³-hybridized carbons (Fsp3) is 0.647. The van der Waals surface area contributed by atoms with Crippen LogP contribution in [0.15, 0.2) is 24.3 Å². The number of phenolic OH excluding ortho intramolecular Hbond substituents is 1. The third-order valence-corrected chi connectivity index (χ3v) is 4.45. The second-order valence-corrected chi connectivity index (χ2v) is 5.85. The minimum atomic E-state index is 0.353. The zero-order chi connectivity index (χ0) is 13.5. The SMILES string of the molecule is CCC1CCCC(NCCc2ccc(O)cc2)CC1. The Hall–Kier alpha value is -1.02. The minimum absolute atomic E-state index is 0.353. The fourth-order valence-electron chi connectivity index (χ4n) is 3.07. The normalized spacial score (nSPS) is 24.1. The summed E-state index contributed by atoms with van der Waals surface area (Å²) in [5.41, 5.74) is 1.30. The van der Waals surface area contributed by atoms with Gasteiger partial charge in [0, 0.05) is 6.04 Å². The summed E-state index contributed by atoms with van der Waals surface area (Å²) in [7, 11) is 0. The van der Waals surface area contributed by atoms with Crippen LogP contribution in [0.3, 0.4) is 0 Å². The Bertz CT molecular complexity index is 360. The van der Waals surface area contributed by atoms with Crippen LogP contribution in [0.1, 0.15) is 51.0 Å². The van der Waals surface area contributed by atoms with E-state index in [0.29, 0.717) is 11.8 Å². The standard InChI is InChI=1S/C17H27NO/c1-2-14-4-3-5-16(9-6-14)18-13-12-15-7-10-17(19)11-8-15/h7-8,10-11,14,16,18-19H,2-6,9,12-13H2,1H3. The number of hydrogen-bond donors (Lipinski definition) is 2. The maximum Gasteiger partial charge on any atom is 0.115 e. The molecule has 1 aliphatic carbocycles. The monoisotopic (exact) mass is 261 g/mol. The van der Waals surface area contributed by atoms with E-state index in [9.17, 15) is 5.11 Å². The van der Waals surface area contributed by atoms with Crippen molar-refractivity contribution < 1.29 is 5.11 Å². The van der Waals surface area contributed by atoms with E-state index >= 15 is 0 Å². The van der Waals surface area contributed by atoms with Gasteiger partial charge in [0.25, 0.3) is 0 Å². The van der Waals surface area contributed by atoms with Gasteiger partial charge >= 0.3 is 0 Å². The number of rotatable bonds is 5. The van der Waals surface area contributed by atoms with Crippen LogP contribution in [-0.4, -0.2) is 17.7 Å². The van der Waals surface area contributed by atoms with Crippen LogP contribution in [0.4, 0.5) is 0 Å². The molecule has 1 aromatic rings. The average molecular weight is 261 g/mol. The van der Waals surface area contributed by atoms with Crippen LogP contribution in [0.25, 0.3) is 0 Å². The van der Waals surface area contributed by atoms with Crippen LogP contribution in [0.2, 0.25) is 0 Å². The molecule has 0 spiro atoms. The summed E-state index contributed by atoms with van der Waals surface area (Å²) in [6.45, 7) is 3.37. The van der Waals surface area contributed by atoms with E-state index in [-0.39, 0.29) is 0 Å². The average Bonchev–Trinajstić information content (AvgIpc) is 2.66. The Labute approximate surface area is 117 Å². The molecular formula is C17H27NO. The Kier molecular flexibility index (Phi) is 5.71. The quantitative estimate of drug-likeness (QED) is 0.788. The molecule has 0 bridgehead atoms. The van der Waals surface area contributed by atoms with Gasteiger partial charge in [0.1, 0.15) is 5.75 Å². The van der Waals surface area contributed by atoms with E-state index in [0.717, 1.165) is 18.9 Å². The van der Waals surface area contributed by atoms with Crippen molar-refractivity contribution in [1.29, 1.82) is 0 Å². The van der Waals surface area contributed by atoms with Gasteiger partial charge in [-0.1, -0.05) is 38.3 Å². The first kappa shape index (κ1) is 14.4. The summed E-state index contributed by atoms with van der Waals surface area (Å²) >= 11 is 0. The summed E-state index contributed by atoms with van der Waals surface area (Å²) in [5.74, 6) is 1.31. The Balaban J connectivity index is 1.69. The summed E-state index contributed by atoms with van der Waals surface area (Å²) < 4.78 is 0. The van der Waals surface area contributed by atoms with E-state index in [1.54, 1.807) is 12.1 Å². The number of nitrogens with one attached hydrogen (secondary N) is 1. The molecule has 0 amide bonds. The molecule has 1 saturated carbocycles. The highest BCUT2D eigenvalue weighted by molar-refractivity contribution is 5.25. The molecule has 1 aromatic carbocycles. The molecule has 0 aromatic heterocycles. The maximum atomic E-state index is 9.25. The Morgan fingerprint density at radius 1 is 1.11 bits per heavy atom. The molecule has 106 valence electrons. The molecule has 0 aliphatic heterocycles. The summed E-state index contributed by atoms with van der Waals surface area (Å²) in [5, 5.41) is 13.0. The number of phenols is 1. The van der Waals surface area contributed by atoms with Crippen LogP contribution in [0, 0.1) is 5.92 Å². The van der Waals surface area contributed by atoms with Gasteiger partial charge < -0.3 is 10.4 Å². The van der Waals surface area contributed by atoms with Crippen LogP contribution in [-0.2, 0) is 6.42 Å². The Morgan fingerprint density at radius 3 is 2.63 bits per heavy atom. The van der Waals surface area contributed by atoms with Crippen LogP contribution < -0.4 is 5.32 Å². The van der Waals surface area contributed by atoms with E-state index in [2.05, 4.69) is 12.2 Å². The number of hydrogen-bond acceptors (Lipinski definition) is 2. The smallest absolute Gasteiger partial charge is 0.115 e. The highest BCUT2D eigenvalue weighted by Gasteiger charge is 2.16. The predicted octanol–water partition coefficient (Wildman–Crippen LogP) is 3.88. The molecule has 1 aliphatic rings. The van der Waals surface area contributed by atoms with Crippen molar-refractivity contribution in [2.24, 2.45) is 5.92 Å². The zero-order valence-electron chi connectivity index (χ0n) is 12.1. The lowest BCUT2D eigenvalue weighted by atomic mass is 9.98. The van der Waals surface area contributed by atoms with Gasteiger partial charge in [0.05, 0.1) is 0 Å². The molecule has 0 radical (unpaired) electrons. The summed E-state index contributed by atoms with van der Waals surface area (Å²) in [4.78, 5) is 0. The maximum absolute atomic E-state index is 9.25. The molecule has 0 saturated heterocycles. The van der Waals surface area contributed by atoms with Gasteiger partial charge in [0.2, 0.25) is 0 Å². The van der Waals surface area contributed by atoms with Crippen LogP contribution >= 0.6 is 0 Å². The molecule has 2 nitrogen and oxygen atoms in total. The van der Waals surface area contributed by atoms with E-state index in [1.165, 1.54) is 44.1 Å². The van der Waals surface area contributed by atoms with E-state index in [1.807, 2.05) is 12.1 Å². The van der Waals surface area contributed by atoms with Crippen molar-refractivity contribution in [2.45, 2.75) is 57.9 Å². The second-order valence-electron chi connectivity index (χ2n) is 5.85. The van der Waals surface area contributed by atoms with Gasteiger partial charge in [-0.2, -0.15) is 0 Å².